The monoisotopic (exact) mass is 284 g/mol. The van der Waals surface area contributed by atoms with Crippen LogP contribution in [0.5, 0.6) is 0 Å². The number of carboxylic acid groups (broad SMARTS) is 1. The Bertz CT molecular complexity index is 520. The van der Waals surface area contributed by atoms with Gasteiger partial charge in [-0.2, -0.15) is 0 Å². The average molecular weight is 285 g/mol. The van der Waals surface area contributed by atoms with Crippen LogP contribution in [0.15, 0.2) is 18.2 Å². The van der Waals surface area contributed by atoms with Gasteiger partial charge in [-0.15, -0.1) is 0 Å². The first-order valence-electron chi connectivity index (χ1n) is 5.88. The molecule has 1 aromatic carbocycles. The molecule has 2 rings (SSSR count). The minimum absolute atomic E-state index is 0.0274. The summed E-state index contributed by atoms with van der Waals surface area (Å²) in [6.07, 6.45) is 1.36. The third kappa shape index (κ3) is 3.02. The van der Waals surface area contributed by atoms with E-state index < -0.39 is 16.9 Å². The van der Waals surface area contributed by atoms with Crippen LogP contribution in [0.4, 0.5) is 5.69 Å². The fraction of sp³-hybridized carbons (Fsp3) is 0.417. The lowest BCUT2D eigenvalue weighted by Gasteiger charge is -2.20. The standard InChI is InChI=1S/C12H13ClN2O4/c13-9-3-4-10(15(18)19)8(6-9)7-14-5-1-2-11(14)12(16)17/h3-4,6,11H,1-2,5,7H2,(H,16,17)/t11-/m0/s1. The van der Waals surface area contributed by atoms with Crippen LogP contribution in [-0.4, -0.2) is 33.5 Å². The van der Waals surface area contributed by atoms with E-state index in [-0.39, 0.29) is 12.2 Å². The van der Waals surface area contributed by atoms with Crippen LogP contribution >= 0.6 is 11.6 Å². The number of nitro benzene ring substituents is 1. The maximum atomic E-state index is 11.1. The van der Waals surface area contributed by atoms with Gasteiger partial charge < -0.3 is 5.11 Å². The first-order chi connectivity index (χ1) is 8.99. The van der Waals surface area contributed by atoms with E-state index in [4.69, 9.17) is 16.7 Å². The highest BCUT2D eigenvalue weighted by atomic mass is 35.5. The Morgan fingerprint density at radius 1 is 1.58 bits per heavy atom. The van der Waals surface area contributed by atoms with E-state index in [2.05, 4.69) is 0 Å². The van der Waals surface area contributed by atoms with E-state index in [1.54, 1.807) is 4.90 Å². The largest absolute Gasteiger partial charge is 0.480 e. The van der Waals surface area contributed by atoms with Crippen molar-refractivity contribution in [1.29, 1.82) is 0 Å². The Kier molecular flexibility index (Phi) is 4.01. The molecule has 0 bridgehead atoms. The van der Waals surface area contributed by atoms with Crippen LogP contribution in [0.2, 0.25) is 5.02 Å². The Morgan fingerprint density at radius 2 is 2.32 bits per heavy atom. The summed E-state index contributed by atoms with van der Waals surface area (Å²) >= 11 is 5.85. The van der Waals surface area contributed by atoms with Crippen molar-refractivity contribution in [2.24, 2.45) is 0 Å². The zero-order chi connectivity index (χ0) is 14.0. The van der Waals surface area contributed by atoms with E-state index in [9.17, 15) is 14.9 Å². The van der Waals surface area contributed by atoms with Crippen molar-refractivity contribution in [3.63, 3.8) is 0 Å². The van der Waals surface area contributed by atoms with Gasteiger partial charge >= 0.3 is 5.97 Å². The molecule has 0 aromatic heterocycles. The van der Waals surface area contributed by atoms with Crippen molar-refractivity contribution >= 4 is 23.3 Å². The Balaban J connectivity index is 2.25. The lowest BCUT2D eigenvalue weighted by molar-refractivity contribution is -0.385. The second-order valence-electron chi connectivity index (χ2n) is 4.50. The minimum atomic E-state index is -0.887. The van der Waals surface area contributed by atoms with Crippen molar-refractivity contribution in [2.45, 2.75) is 25.4 Å². The number of aliphatic carboxylic acids is 1. The van der Waals surface area contributed by atoms with Crippen molar-refractivity contribution in [2.75, 3.05) is 6.54 Å². The Hall–Kier alpha value is -1.66. The molecule has 6 nitrogen and oxygen atoms in total. The second-order valence-corrected chi connectivity index (χ2v) is 4.93. The molecule has 1 fully saturated rings. The van der Waals surface area contributed by atoms with Gasteiger partial charge in [-0.3, -0.25) is 19.8 Å². The number of nitrogens with zero attached hydrogens (tertiary/aromatic N) is 2. The van der Waals surface area contributed by atoms with Crippen molar-refractivity contribution in [3.05, 3.63) is 38.9 Å². The van der Waals surface area contributed by atoms with Crippen molar-refractivity contribution in [3.8, 4) is 0 Å². The summed E-state index contributed by atoms with van der Waals surface area (Å²) in [5.41, 5.74) is 0.422. The third-order valence-corrected chi connectivity index (χ3v) is 3.50. The Morgan fingerprint density at radius 3 is 2.95 bits per heavy atom. The van der Waals surface area contributed by atoms with Crippen LogP contribution < -0.4 is 0 Å². The highest BCUT2D eigenvalue weighted by Gasteiger charge is 2.31. The van der Waals surface area contributed by atoms with Gasteiger partial charge in [0.1, 0.15) is 6.04 Å². The molecule has 0 radical (unpaired) electrons. The van der Waals surface area contributed by atoms with Gasteiger partial charge in [0.2, 0.25) is 0 Å². The van der Waals surface area contributed by atoms with E-state index >= 15 is 0 Å². The molecule has 0 aliphatic carbocycles. The molecule has 0 amide bonds. The van der Waals surface area contributed by atoms with Gasteiger partial charge in [-0.05, 0) is 31.5 Å². The molecule has 0 spiro atoms. The molecule has 0 saturated carbocycles. The van der Waals surface area contributed by atoms with Gasteiger partial charge in [0, 0.05) is 23.2 Å². The molecule has 1 aliphatic rings. The normalized spacial score (nSPS) is 19.5. The molecule has 7 heteroatoms. The van der Waals surface area contributed by atoms with E-state index in [0.29, 0.717) is 23.6 Å². The van der Waals surface area contributed by atoms with E-state index in [1.165, 1.54) is 18.2 Å². The highest BCUT2D eigenvalue weighted by molar-refractivity contribution is 6.30. The summed E-state index contributed by atoms with van der Waals surface area (Å²) in [7, 11) is 0. The second kappa shape index (κ2) is 5.54. The first kappa shape index (κ1) is 13.8. The number of rotatable bonds is 4. The summed E-state index contributed by atoms with van der Waals surface area (Å²) in [5, 5.41) is 20.5. The highest BCUT2D eigenvalue weighted by Crippen LogP contribution is 2.27. The van der Waals surface area contributed by atoms with Gasteiger partial charge in [-0.1, -0.05) is 11.6 Å². The maximum Gasteiger partial charge on any atom is 0.320 e. The van der Waals surface area contributed by atoms with Gasteiger partial charge in [0.15, 0.2) is 0 Å². The molecule has 1 saturated heterocycles. The first-order valence-corrected chi connectivity index (χ1v) is 6.26. The SMILES string of the molecule is O=C(O)[C@@H]1CCCN1Cc1cc(Cl)ccc1[N+](=O)[O-]. The molecule has 1 atom stereocenters. The molecule has 19 heavy (non-hydrogen) atoms. The number of halogens is 1. The number of benzene rings is 1. The molecule has 102 valence electrons. The zero-order valence-electron chi connectivity index (χ0n) is 10.1. The molecule has 1 aromatic rings. The summed E-state index contributed by atoms with van der Waals surface area (Å²) in [6, 6.07) is 3.76. The van der Waals surface area contributed by atoms with Crippen LogP contribution in [0.25, 0.3) is 0 Å². The zero-order valence-corrected chi connectivity index (χ0v) is 10.8. The Labute approximate surface area is 114 Å². The van der Waals surface area contributed by atoms with E-state index in [0.717, 1.165) is 6.42 Å². The van der Waals surface area contributed by atoms with Gasteiger partial charge in [0.25, 0.3) is 5.69 Å². The number of likely N-dealkylation sites (tertiary alicyclic amines) is 1. The fourth-order valence-corrected chi connectivity index (χ4v) is 2.57. The van der Waals surface area contributed by atoms with E-state index in [1.807, 2.05) is 0 Å². The number of carboxylic acids is 1. The quantitative estimate of drug-likeness (QED) is 0.677. The number of hydrogen-bond acceptors (Lipinski definition) is 4. The molecular weight excluding hydrogens is 272 g/mol. The van der Waals surface area contributed by atoms with Crippen molar-refractivity contribution < 1.29 is 14.8 Å². The van der Waals surface area contributed by atoms with Crippen LogP contribution in [-0.2, 0) is 11.3 Å². The van der Waals surface area contributed by atoms with Crippen LogP contribution in [0.1, 0.15) is 18.4 Å². The van der Waals surface area contributed by atoms with Crippen LogP contribution in [0, 0.1) is 10.1 Å². The fourth-order valence-electron chi connectivity index (χ4n) is 2.37. The minimum Gasteiger partial charge on any atom is -0.480 e. The third-order valence-electron chi connectivity index (χ3n) is 3.26. The molecule has 1 N–H and O–H groups in total. The smallest absolute Gasteiger partial charge is 0.320 e. The molecule has 1 heterocycles. The molecule has 0 unspecified atom stereocenters. The lowest BCUT2D eigenvalue weighted by atomic mass is 10.1. The summed E-state index contributed by atoms with van der Waals surface area (Å²) < 4.78 is 0. The summed E-state index contributed by atoms with van der Waals surface area (Å²) in [4.78, 5) is 23.3. The number of nitro groups is 1. The summed E-state index contributed by atoms with van der Waals surface area (Å²) in [5.74, 6) is -0.887. The number of hydrogen-bond donors (Lipinski definition) is 1. The van der Waals surface area contributed by atoms with Crippen molar-refractivity contribution in [1.82, 2.24) is 4.90 Å². The van der Waals surface area contributed by atoms with Gasteiger partial charge in [0.05, 0.1) is 4.92 Å². The maximum absolute atomic E-state index is 11.1. The number of carbonyl (C=O) groups is 1. The van der Waals surface area contributed by atoms with Crippen LogP contribution in [0.3, 0.4) is 0 Å². The lowest BCUT2D eigenvalue weighted by Crippen LogP contribution is -2.35. The topological polar surface area (TPSA) is 83.7 Å². The predicted octanol–water partition coefficient (Wildman–Crippen LogP) is 2.30. The molecular formula is C12H13ClN2O4. The predicted molar refractivity (Wildman–Crippen MR) is 69.2 cm³/mol. The molecule has 1 aliphatic heterocycles. The van der Waals surface area contributed by atoms with Gasteiger partial charge in [-0.25, -0.2) is 0 Å². The summed E-state index contributed by atoms with van der Waals surface area (Å²) in [6.45, 7) is 0.856. The average Bonchev–Trinajstić information content (AvgIpc) is 2.76.